The van der Waals surface area contributed by atoms with E-state index in [1.165, 1.54) is 6.20 Å². The highest BCUT2D eigenvalue weighted by Crippen LogP contribution is 2.43. The Morgan fingerprint density at radius 2 is 1.87 bits per heavy atom. The summed E-state index contributed by atoms with van der Waals surface area (Å²) in [5.41, 5.74) is 11.4. The number of nitrogen functional groups attached to an aromatic ring is 1. The zero-order valence-corrected chi connectivity index (χ0v) is 21.1. The van der Waals surface area contributed by atoms with Gasteiger partial charge in [0.2, 0.25) is 5.78 Å². The number of anilines is 2. The molecule has 0 saturated carbocycles. The highest BCUT2D eigenvalue weighted by molar-refractivity contribution is 6.11. The van der Waals surface area contributed by atoms with Crippen LogP contribution < -0.4 is 11.1 Å². The van der Waals surface area contributed by atoms with Crippen molar-refractivity contribution in [2.75, 3.05) is 11.1 Å². The number of aryl methyl sites for hydroxylation is 2. The molecule has 3 N–H and O–H groups in total. The minimum Gasteiger partial charge on any atom is -0.382 e. The summed E-state index contributed by atoms with van der Waals surface area (Å²) in [6.07, 6.45) is 8.05. The van der Waals surface area contributed by atoms with Crippen molar-refractivity contribution in [2.24, 2.45) is 0 Å². The first-order chi connectivity index (χ1) is 18.2. The van der Waals surface area contributed by atoms with Gasteiger partial charge in [-0.2, -0.15) is 0 Å². The summed E-state index contributed by atoms with van der Waals surface area (Å²) >= 11 is 0. The van der Waals surface area contributed by atoms with Crippen LogP contribution in [0.3, 0.4) is 0 Å². The van der Waals surface area contributed by atoms with Gasteiger partial charge in [0, 0.05) is 52.4 Å². The Kier molecular flexibility index (Phi) is 6.20. The van der Waals surface area contributed by atoms with Crippen molar-refractivity contribution in [3.63, 3.8) is 0 Å². The second-order valence-corrected chi connectivity index (χ2v) is 9.17. The molecule has 5 rings (SSSR count). The van der Waals surface area contributed by atoms with E-state index in [1.807, 2.05) is 23.5 Å². The Morgan fingerprint density at radius 3 is 2.55 bits per heavy atom. The monoisotopic (exact) mass is 508 g/mol. The molecule has 3 aromatic heterocycles. The lowest BCUT2D eigenvalue weighted by molar-refractivity contribution is -0.117. The zero-order valence-electron chi connectivity index (χ0n) is 21.1. The van der Waals surface area contributed by atoms with Crippen molar-refractivity contribution < 1.29 is 14.0 Å². The number of amides is 1. The quantitative estimate of drug-likeness (QED) is 0.362. The van der Waals surface area contributed by atoms with Gasteiger partial charge < -0.3 is 15.5 Å². The highest BCUT2D eigenvalue weighted by atomic mass is 19.1. The van der Waals surface area contributed by atoms with E-state index < -0.39 is 17.5 Å². The smallest absolute Gasteiger partial charge is 0.250 e. The molecule has 1 aliphatic carbocycles. The Labute approximate surface area is 218 Å². The van der Waals surface area contributed by atoms with E-state index in [1.54, 1.807) is 56.6 Å². The van der Waals surface area contributed by atoms with Crippen molar-refractivity contribution >= 4 is 34.3 Å². The normalized spacial score (nSPS) is 15.3. The number of hydrogen-bond acceptors (Lipinski definition) is 6. The first-order valence-electron chi connectivity index (χ1n) is 11.9. The maximum Gasteiger partial charge on any atom is 0.250 e. The number of nitrogens with two attached hydrogens (primary N) is 1. The fourth-order valence-electron chi connectivity index (χ4n) is 4.65. The minimum absolute atomic E-state index is 0.0421. The lowest BCUT2D eigenvalue weighted by Gasteiger charge is -2.19. The van der Waals surface area contributed by atoms with Gasteiger partial charge in [0.15, 0.2) is 11.7 Å². The molecule has 0 spiro atoms. The van der Waals surface area contributed by atoms with E-state index in [0.717, 1.165) is 16.8 Å². The molecule has 190 valence electrons. The zero-order chi connectivity index (χ0) is 27.1. The molecule has 0 bridgehead atoms. The van der Waals surface area contributed by atoms with Gasteiger partial charge in [-0.3, -0.25) is 9.59 Å². The molecule has 0 fully saturated rings. The number of carbonyl (C=O) groups excluding carboxylic acids is 2. The maximum atomic E-state index is 15.6. The van der Waals surface area contributed by atoms with Crippen molar-refractivity contribution in [3.8, 4) is 11.1 Å². The summed E-state index contributed by atoms with van der Waals surface area (Å²) in [5, 5.41) is 2.78. The van der Waals surface area contributed by atoms with Crippen LogP contribution in [0.2, 0.25) is 0 Å². The number of aromatic nitrogens is 4. The fourth-order valence-corrected chi connectivity index (χ4v) is 4.65. The van der Waals surface area contributed by atoms with Crippen LogP contribution in [0.5, 0.6) is 0 Å². The molecule has 0 saturated heterocycles. The molecule has 9 heteroatoms. The molecule has 1 atom stereocenters. The van der Waals surface area contributed by atoms with Gasteiger partial charge in [-0.15, -0.1) is 0 Å². The summed E-state index contributed by atoms with van der Waals surface area (Å²) in [7, 11) is 0. The van der Waals surface area contributed by atoms with Gasteiger partial charge in [-0.25, -0.2) is 19.3 Å². The third-order valence-electron chi connectivity index (χ3n) is 6.52. The molecular weight excluding hydrogens is 483 g/mol. The number of hydrogen-bond donors (Lipinski definition) is 2. The number of rotatable bonds is 5. The van der Waals surface area contributed by atoms with E-state index in [4.69, 9.17) is 5.73 Å². The number of benzene rings is 1. The van der Waals surface area contributed by atoms with Crippen LogP contribution in [0.4, 0.5) is 15.9 Å². The second-order valence-electron chi connectivity index (χ2n) is 9.17. The Hall–Kier alpha value is -4.92. The van der Waals surface area contributed by atoms with Crippen molar-refractivity contribution in [1.82, 2.24) is 19.4 Å². The number of Topliss-reactive ketones (excluding diaryl/α,β-unsaturated/α-hetero) is 1. The maximum absolute atomic E-state index is 15.6. The molecular formula is C29H25FN6O2. The van der Waals surface area contributed by atoms with Gasteiger partial charge in [0.1, 0.15) is 5.82 Å². The van der Waals surface area contributed by atoms with Gasteiger partial charge in [0.05, 0.1) is 17.0 Å². The van der Waals surface area contributed by atoms with Crippen molar-refractivity contribution in [3.05, 3.63) is 102 Å². The Bertz CT molecular complexity index is 1700. The van der Waals surface area contributed by atoms with Gasteiger partial charge >= 0.3 is 0 Å². The largest absolute Gasteiger partial charge is 0.382 e. The average molecular weight is 509 g/mol. The van der Waals surface area contributed by atoms with Crippen molar-refractivity contribution in [1.29, 1.82) is 0 Å². The molecule has 1 unspecified atom stereocenters. The number of nitrogens with one attached hydrogen (secondary N) is 1. The predicted molar refractivity (Wildman–Crippen MR) is 145 cm³/mol. The number of carbonyl (C=O) groups is 2. The summed E-state index contributed by atoms with van der Waals surface area (Å²) in [5.74, 6) is -2.48. The molecule has 1 aliphatic rings. The predicted octanol–water partition coefficient (Wildman–Crippen LogP) is 5.11. The van der Waals surface area contributed by atoms with E-state index >= 15 is 4.39 Å². The van der Waals surface area contributed by atoms with Crippen molar-refractivity contribution in [2.45, 2.75) is 26.7 Å². The third kappa shape index (κ3) is 4.17. The van der Waals surface area contributed by atoms with E-state index in [9.17, 15) is 9.59 Å². The number of fused-ring (bicyclic) bond motifs is 1. The first-order valence-corrected chi connectivity index (χ1v) is 11.9. The third-order valence-corrected chi connectivity index (χ3v) is 6.52. The molecule has 1 aromatic carbocycles. The van der Waals surface area contributed by atoms with Crippen LogP contribution in [-0.2, 0) is 9.59 Å². The van der Waals surface area contributed by atoms with E-state index in [0.29, 0.717) is 28.0 Å². The lowest BCUT2D eigenvalue weighted by Crippen LogP contribution is -2.17. The molecule has 0 radical (unpaired) electrons. The van der Waals surface area contributed by atoms with E-state index in [-0.39, 0.29) is 23.1 Å². The van der Waals surface area contributed by atoms with Crippen LogP contribution in [-0.4, -0.2) is 31.0 Å². The number of halogens is 1. The van der Waals surface area contributed by atoms with Crippen LogP contribution in [0.25, 0.3) is 22.2 Å². The minimum atomic E-state index is -0.948. The SMILES string of the molecule is C=C(C)C(=O)Nc1ccc(-c2c(C3C=CC(c4nccc(C)n4)=C(F)C3=O)c3c(N)nccn3c2C)cc1. The second kappa shape index (κ2) is 9.51. The van der Waals surface area contributed by atoms with Crippen LogP contribution in [0.1, 0.15) is 35.6 Å². The summed E-state index contributed by atoms with van der Waals surface area (Å²) in [6, 6.07) is 8.88. The fraction of sp³-hybridized carbons (Fsp3) is 0.138. The standard InChI is InChI=1S/C29H25FN6O2/c1-15(2)29(38)35-19-7-5-18(6-8-19)22-17(4)36-14-13-32-27(31)25(36)23(22)20-9-10-21(24(30)26(20)37)28-33-12-11-16(3)34-28/h5-14,20H,1H2,2-4H3,(H2,31,32)(H,35,38). The van der Waals surface area contributed by atoms with Gasteiger partial charge in [-0.1, -0.05) is 30.9 Å². The summed E-state index contributed by atoms with van der Waals surface area (Å²) in [6.45, 7) is 8.95. The first kappa shape index (κ1) is 24.8. The summed E-state index contributed by atoms with van der Waals surface area (Å²) < 4.78 is 17.4. The highest BCUT2D eigenvalue weighted by Gasteiger charge is 2.34. The van der Waals surface area contributed by atoms with E-state index in [2.05, 4.69) is 26.8 Å². The number of allylic oxidation sites excluding steroid dienone is 4. The number of ketones is 1. The van der Waals surface area contributed by atoms with Gasteiger partial charge in [-0.05, 0) is 44.5 Å². The topological polar surface area (TPSA) is 115 Å². The number of nitrogens with zero attached hydrogens (tertiary/aromatic N) is 4. The van der Waals surface area contributed by atoms with Crippen LogP contribution in [0, 0.1) is 13.8 Å². The Balaban J connectivity index is 1.64. The average Bonchev–Trinajstić information content (AvgIpc) is 3.19. The lowest BCUT2D eigenvalue weighted by atomic mass is 9.84. The summed E-state index contributed by atoms with van der Waals surface area (Å²) in [4.78, 5) is 38.2. The molecule has 8 nitrogen and oxygen atoms in total. The van der Waals surface area contributed by atoms with Crippen LogP contribution >= 0.6 is 0 Å². The molecule has 38 heavy (non-hydrogen) atoms. The Morgan fingerprint density at radius 1 is 1.13 bits per heavy atom. The molecule has 1 amide bonds. The molecule has 4 aromatic rings. The van der Waals surface area contributed by atoms with Crippen LogP contribution in [0.15, 0.2) is 79.1 Å². The molecule has 3 heterocycles. The molecule has 0 aliphatic heterocycles. The van der Waals surface area contributed by atoms with Gasteiger partial charge in [0.25, 0.3) is 5.91 Å².